The van der Waals surface area contributed by atoms with E-state index >= 15 is 0 Å². The molecule has 1 N–H and O–H groups in total. The molecule has 4 heteroatoms. The van der Waals surface area contributed by atoms with Crippen molar-refractivity contribution in [3.63, 3.8) is 0 Å². The molecule has 0 aliphatic heterocycles. The highest BCUT2D eigenvalue weighted by Crippen LogP contribution is 2.21. The normalized spacial score (nSPS) is 13.2. The van der Waals surface area contributed by atoms with Crippen molar-refractivity contribution in [2.75, 3.05) is 20.6 Å². The summed E-state index contributed by atoms with van der Waals surface area (Å²) in [5.41, 5.74) is 0.0392. The molecule has 0 aliphatic carbocycles. The number of rotatable bonds is 8. The standard InChI is InChI=1S/C15H29N3O/c1-12(2)10-13(14(19)18(5)6)17-11-15(3,4)8-7-9-16/h12-13,17H,7-8,10-11H2,1-6H3. The molecule has 0 aromatic rings. The zero-order valence-corrected chi connectivity index (χ0v) is 13.3. The highest BCUT2D eigenvalue weighted by atomic mass is 16.2. The van der Waals surface area contributed by atoms with E-state index < -0.39 is 0 Å². The van der Waals surface area contributed by atoms with Crippen molar-refractivity contribution in [2.24, 2.45) is 11.3 Å². The lowest BCUT2D eigenvalue weighted by Gasteiger charge is -2.29. The molecule has 0 fully saturated rings. The van der Waals surface area contributed by atoms with Crippen molar-refractivity contribution in [2.45, 2.75) is 53.0 Å². The molecule has 0 aromatic carbocycles. The van der Waals surface area contributed by atoms with Gasteiger partial charge in [0.15, 0.2) is 0 Å². The summed E-state index contributed by atoms with van der Waals surface area (Å²) < 4.78 is 0. The monoisotopic (exact) mass is 267 g/mol. The molecule has 110 valence electrons. The zero-order chi connectivity index (χ0) is 15.1. The second kappa shape index (κ2) is 8.16. The van der Waals surface area contributed by atoms with Gasteiger partial charge in [-0.25, -0.2) is 0 Å². The molecule has 0 aliphatic rings. The van der Waals surface area contributed by atoms with Crippen LogP contribution in [0.5, 0.6) is 0 Å². The number of likely N-dealkylation sites (N-methyl/N-ethyl adjacent to an activating group) is 1. The molecular weight excluding hydrogens is 238 g/mol. The summed E-state index contributed by atoms with van der Waals surface area (Å²) in [4.78, 5) is 13.8. The van der Waals surface area contributed by atoms with Gasteiger partial charge in [0.05, 0.1) is 12.1 Å². The Morgan fingerprint density at radius 2 is 1.95 bits per heavy atom. The number of hydrogen-bond donors (Lipinski definition) is 1. The van der Waals surface area contributed by atoms with Crippen molar-refractivity contribution in [1.82, 2.24) is 10.2 Å². The molecule has 1 unspecified atom stereocenters. The summed E-state index contributed by atoms with van der Waals surface area (Å²) in [6, 6.07) is 2.05. The molecule has 1 amide bonds. The van der Waals surface area contributed by atoms with Crippen molar-refractivity contribution < 1.29 is 4.79 Å². The minimum absolute atomic E-state index is 0.0392. The molecule has 0 radical (unpaired) electrons. The molecule has 0 bridgehead atoms. The number of carbonyl (C=O) groups excluding carboxylic acids is 1. The smallest absolute Gasteiger partial charge is 0.239 e. The summed E-state index contributed by atoms with van der Waals surface area (Å²) in [6.07, 6.45) is 2.25. The summed E-state index contributed by atoms with van der Waals surface area (Å²) in [5, 5.41) is 12.0. The Hall–Kier alpha value is -1.08. The lowest BCUT2D eigenvalue weighted by Crippen LogP contribution is -2.47. The molecule has 1 atom stereocenters. The maximum atomic E-state index is 12.1. The fourth-order valence-corrected chi connectivity index (χ4v) is 1.94. The maximum Gasteiger partial charge on any atom is 0.239 e. The van der Waals surface area contributed by atoms with Crippen LogP contribution in [0, 0.1) is 22.7 Å². The first-order chi connectivity index (χ1) is 8.69. The molecule has 4 nitrogen and oxygen atoms in total. The van der Waals surface area contributed by atoms with Crippen molar-refractivity contribution >= 4 is 5.91 Å². The molecule has 0 saturated heterocycles. The van der Waals surface area contributed by atoms with Crippen molar-refractivity contribution in [3.8, 4) is 6.07 Å². The van der Waals surface area contributed by atoms with Gasteiger partial charge in [0, 0.05) is 27.1 Å². The van der Waals surface area contributed by atoms with Gasteiger partial charge in [-0.1, -0.05) is 27.7 Å². The van der Waals surface area contributed by atoms with Gasteiger partial charge in [0.1, 0.15) is 0 Å². The lowest BCUT2D eigenvalue weighted by molar-refractivity contribution is -0.131. The minimum Gasteiger partial charge on any atom is -0.347 e. The quantitative estimate of drug-likeness (QED) is 0.734. The Morgan fingerprint density at radius 1 is 1.37 bits per heavy atom. The Bertz CT molecular complexity index is 316. The van der Waals surface area contributed by atoms with E-state index in [0.717, 1.165) is 19.4 Å². The SMILES string of the molecule is CC(C)CC(NCC(C)(C)CCC#N)C(=O)N(C)C. The molecule has 0 spiro atoms. The number of nitriles is 1. The van der Waals surface area contributed by atoms with E-state index in [0.29, 0.717) is 12.3 Å². The first-order valence-electron chi connectivity index (χ1n) is 7.01. The molecule has 0 saturated carbocycles. The number of nitrogens with zero attached hydrogens (tertiary/aromatic N) is 2. The predicted octanol–water partition coefficient (Wildman–Crippen LogP) is 2.41. The van der Waals surface area contributed by atoms with Gasteiger partial charge in [0.25, 0.3) is 0 Å². The van der Waals surface area contributed by atoms with Crippen LogP contribution in [0.15, 0.2) is 0 Å². The topological polar surface area (TPSA) is 56.1 Å². The van der Waals surface area contributed by atoms with Gasteiger partial charge in [-0.15, -0.1) is 0 Å². The molecule has 0 aromatic heterocycles. The minimum atomic E-state index is -0.128. The highest BCUT2D eigenvalue weighted by Gasteiger charge is 2.24. The first kappa shape index (κ1) is 17.9. The average Bonchev–Trinajstić information content (AvgIpc) is 2.30. The third kappa shape index (κ3) is 7.84. The summed E-state index contributed by atoms with van der Waals surface area (Å²) in [5.74, 6) is 0.605. The number of carbonyl (C=O) groups is 1. The third-order valence-corrected chi connectivity index (χ3v) is 3.19. The van der Waals surface area contributed by atoms with Gasteiger partial charge in [0.2, 0.25) is 5.91 Å². The second-order valence-corrected chi connectivity index (χ2v) is 6.62. The maximum absolute atomic E-state index is 12.1. The van der Waals surface area contributed by atoms with Crippen molar-refractivity contribution in [1.29, 1.82) is 5.26 Å². The van der Waals surface area contributed by atoms with Crippen LogP contribution in [-0.4, -0.2) is 37.5 Å². The van der Waals surface area contributed by atoms with Gasteiger partial charge in [-0.3, -0.25) is 4.79 Å². The van der Waals surface area contributed by atoms with E-state index in [2.05, 4.69) is 39.1 Å². The molecular formula is C15H29N3O. The van der Waals surface area contributed by atoms with Crippen molar-refractivity contribution in [3.05, 3.63) is 0 Å². The van der Waals surface area contributed by atoms with Crippen LogP contribution in [0.3, 0.4) is 0 Å². The second-order valence-electron chi connectivity index (χ2n) is 6.62. The summed E-state index contributed by atoms with van der Waals surface area (Å²) in [6.45, 7) is 9.26. The number of hydrogen-bond acceptors (Lipinski definition) is 3. The lowest BCUT2D eigenvalue weighted by atomic mass is 9.87. The van der Waals surface area contributed by atoms with Crippen LogP contribution < -0.4 is 5.32 Å². The van der Waals surface area contributed by atoms with E-state index in [1.54, 1.807) is 19.0 Å². The molecule has 0 rings (SSSR count). The van der Waals surface area contributed by atoms with E-state index in [9.17, 15) is 4.79 Å². The fourth-order valence-electron chi connectivity index (χ4n) is 1.94. The number of nitrogens with one attached hydrogen (secondary N) is 1. The first-order valence-corrected chi connectivity index (χ1v) is 7.01. The summed E-state index contributed by atoms with van der Waals surface area (Å²) >= 11 is 0. The molecule has 19 heavy (non-hydrogen) atoms. The number of amides is 1. The Morgan fingerprint density at radius 3 is 2.37 bits per heavy atom. The fraction of sp³-hybridized carbons (Fsp3) is 0.867. The van der Waals surface area contributed by atoms with Crippen LogP contribution in [0.25, 0.3) is 0 Å². The zero-order valence-electron chi connectivity index (χ0n) is 13.3. The Balaban J connectivity index is 4.49. The van der Waals surface area contributed by atoms with E-state index in [1.807, 2.05) is 0 Å². The van der Waals surface area contributed by atoms with E-state index in [-0.39, 0.29) is 17.4 Å². The van der Waals surface area contributed by atoms with Crippen LogP contribution in [0.4, 0.5) is 0 Å². The Labute approximate surface area is 118 Å². The van der Waals surface area contributed by atoms with E-state index in [4.69, 9.17) is 5.26 Å². The summed E-state index contributed by atoms with van der Waals surface area (Å²) in [7, 11) is 3.58. The third-order valence-electron chi connectivity index (χ3n) is 3.19. The van der Waals surface area contributed by atoms with E-state index in [1.165, 1.54) is 0 Å². The van der Waals surface area contributed by atoms with Crippen LogP contribution in [-0.2, 0) is 4.79 Å². The average molecular weight is 267 g/mol. The van der Waals surface area contributed by atoms with Crippen LogP contribution >= 0.6 is 0 Å². The van der Waals surface area contributed by atoms with Crippen LogP contribution in [0.1, 0.15) is 47.0 Å². The van der Waals surface area contributed by atoms with Gasteiger partial charge in [-0.05, 0) is 24.2 Å². The van der Waals surface area contributed by atoms with Gasteiger partial charge in [-0.2, -0.15) is 5.26 Å². The predicted molar refractivity (Wildman–Crippen MR) is 78.6 cm³/mol. The molecule has 0 heterocycles. The van der Waals surface area contributed by atoms with Gasteiger partial charge < -0.3 is 10.2 Å². The largest absolute Gasteiger partial charge is 0.347 e. The highest BCUT2D eigenvalue weighted by molar-refractivity contribution is 5.81. The van der Waals surface area contributed by atoms with Gasteiger partial charge >= 0.3 is 0 Å². The Kier molecular flexibility index (Phi) is 7.70. The van der Waals surface area contributed by atoms with Crippen LogP contribution in [0.2, 0.25) is 0 Å².